The van der Waals surface area contributed by atoms with Crippen LogP contribution in [0, 0.1) is 0 Å². The van der Waals surface area contributed by atoms with Crippen LogP contribution < -0.4 is 4.90 Å². The number of carboxylic acid groups (broad SMARTS) is 1. The molecule has 2 aromatic rings. The Kier molecular flexibility index (Phi) is 3.57. The second kappa shape index (κ2) is 5.57. The van der Waals surface area contributed by atoms with Gasteiger partial charge in [0.2, 0.25) is 0 Å². The number of benzene rings is 1. The fourth-order valence-electron chi connectivity index (χ4n) is 2.58. The van der Waals surface area contributed by atoms with Gasteiger partial charge in [0.15, 0.2) is 0 Å². The maximum atomic E-state index is 12.4. The molecule has 6 heteroatoms. The molecule has 1 aliphatic rings. The molecule has 0 aliphatic carbocycles. The summed E-state index contributed by atoms with van der Waals surface area (Å²) in [5, 5.41) is 18.6. The lowest BCUT2D eigenvalue weighted by Gasteiger charge is -2.27. The van der Waals surface area contributed by atoms with Crippen molar-refractivity contribution in [1.82, 2.24) is 4.98 Å². The van der Waals surface area contributed by atoms with E-state index in [1.165, 1.54) is 17.2 Å². The Morgan fingerprint density at radius 1 is 1.35 bits per heavy atom. The van der Waals surface area contributed by atoms with E-state index in [-0.39, 0.29) is 17.4 Å². The lowest BCUT2D eigenvalue weighted by Crippen LogP contribution is -2.33. The first-order chi connectivity index (χ1) is 11.0. The molecule has 23 heavy (non-hydrogen) atoms. The Bertz CT molecular complexity index is 842. The van der Waals surface area contributed by atoms with Gasteiger partial charge in [-0.2, -0.15) is 0 Å². The molecule has 116 valence electrons. The van der Waals surface area contributed by atoms with E-state index in [4.69, 9.17) is 5.11 Å². The standard InChI is InChI=1S/C17H14N2O4/c1-19-15-9-18-14(17(22)23)8-11(15)7-12(16(19)21)5-10-3-2-4-13(20)6-10/h2-6,8-9,20H,7H2,1H3,(H,22,23)/b12-5-. The normalized spacial score (nSPS) is 15.6. The van der Waals surface area contributed by atoms with Crippen LogP contribution in [0.2, 0.25) is 0 Å². The van der Waals surface area contributed by atoms with E-state index in [9.17, 15) is 14.7 Å². The van der Waals surface area contributed by atoms with Crippen LogP contribution in [0.1, 0.15) is 21.6 Å². The van der Waals surface area contributed by atoms with E-state index < -0.39 is 5.97 Å². The van der Waals surface area contributed by atoms with Gasteiger partial charge in [-0.05, 0) is 35.4 Å². The molecule has 0 saturated heterocycles. The highest BCUT2D eigenvalue weighted by atomic mass is 16.4. The summed E-state index contributed by atoms with van der Waals surface area (Å²) in [6.45, 7) is 0. The SMILES string of the molecule is CN1C(=O)/C(=C\c2cccc(O)c2)Cc2cc(C(=O)O)ncc21. The van der Waals surface area contributed by atoms with E-state index in [0.717, 1.165) is 5.56 Å². The molecule has 1 aliphatic heterocycles. The van der Waals surface area contributed by atoms with Gasteiger partial charge >= 0.3 is 5.97 Å². The molecule has 0 radical (unpaired) electrons. The minimum atomic E-state index is -1.11. The number of aromatic hydroxyl groups is 1. The molecular formula is C17H14N2O4. The molecule has 0 saturated carbocycles. The number of phenols is 1. The van der Waals surface area contributed by atoms with Crippen LogP contribution in [0.5, 0.6) is 5.75 Å². The number of fused-ring (bicyclic) bond motifs is 1. The molecule has 0 bridgehead atoms. The van der Waals surface area contributed by atoms with Crippen molar-refractivity contribution in [3.63, 3.8) is 0 Å². The first-order valence-corrected chi connectivity index (χ1v) is 6.95. The van der Waals surface area contributed by atoms with Crippen molar-refractivity contribution in [2.75, 3.05) is 11.9 Å². The van der Waals surface area contributed by atoms with Crippen LogP contribution in [-0.2, 0) is 11.2 Å². The molecule has 6 nitrogen and oxygen atoms in total. The molecule has 1 aromatic heterocycles. The minimum Gasteiger partial charge on any atom is -0.508 e. The number of anilines is 1. The Balaban J connectivity index is 2.04. The fraction of sp³-hybridized carbons (Fsp3) is 0.118. The van der Waals surface area contributed by atoms with Crippen molar-refractivity contribution >= 4 is 23.6 Å². The first kappa shape index (κ1) is 14.8. The molecule has 2 heterocycles. The number of carbonyl (C=O) groups excluding carboxylic acids is 1. The van der Waals surface area contributed by atoms with Gasteiger partial charge in [-0.1, -0.05) is 12.1 Å². The van der Waals surface area contributed by atoms with Gasteiger partial charge in [0, 0.05) is 19.0 Å². The number of phenolic OH excluding ortho intramolecular Hbond substituents is 1. The van der Waals surface area contributed by atoms with Crippen molar-refractivity contribution in [1.29, 1.82) is 0 Å². The zero-order valence-corrected chi connectivity index (χ0v) is 12.4. The number of carboxylic acids is 1. The third kappa shape index (κ3) is 2.78. The van der Waals surface area contributed by atoms with E-state index in [1.807, 2.05) is 0 Å². The second-order valence-electron chi connectivity index (χ2n) is 5.31. The van der Waals surface area contributed by atoms with Crippen LogP contribution in [0.3, 0.4) is 0 Å². The summed E-state index contributed by atoms with van der Waals surface area (Å²) < 4.78 is 0. The van der Waals surface area contributed by atoms with Crippen molar-refractivity contribution in [3.8, 4) is 5.75 Å². The van der Waals surface area contributed by atoms with E-state index in [0.29, 0.717) is 23.2 Å². The molecule has 3 rings (SSSR count). The number of amides is 1. The Labute approximate surface area is 132 Å². The highest BCUT2D eigenvalue weighted by Gasteiger charge is 2.26. The summed E-state index contributed by atoms with van der Waals surface area (Å²) in [7, 11) is 1.62. The molecule has 1 amide bonds. The van der Waals surface area contributed by atoms with Crippen LogP contribution in [0.4, 0.5) is 5.69 Å². The summed E-state index contributed by atoms with van der Waals surface area (Å²) in [6, 6.07) is 8.07. The monoisotopic (exact) mass is 310 g/mol. The average Bonchev–Trinajstić information content (AvgIpc) is 2.52. The zero-order chi connectivity index (χ0) is 16.6. The average molecular weight is 310 g/mol. The van der Waals surface area contributed by atoms with Crippen LogP contribution in [0.15, 0.2) is 42.1 Å². The van der Waals surface area contributed by atoms with Gasteiger partial charge in [0.25, 0.3) is 5.91 Å². The summed E-state index contributed by atoms with van der Waals surface area (Å²) in [6.07, 6.45) is 3.42. The fourth-order valence-corrected chi connectivity index (χ4v) is 2.58. The van der Waals surface area contributed by atoms with Gasteiger partial charge in [0.05, 0.1) is 11.9 Å². The lowest BCUT2D eigenvalue weighted by atomic mass is 9.96. The summed E-state index contributed by atoms with van der Waals surface area (Å²) in [4.78, 5) is 28.8. The quantitative estimate of drug-likeness (QED) is 0.829. The predicted octanol–water partition coefficient (Wildman–Crippen LogP) is 2.09. The third-order valence-electron chi connectivity index (χ3n) is 3.72. The topological polar surface area (TPSA) is 90.7 Å². The first-order valence-electron chi connectivity index (χ1n) is 6.95. The summed E-state index contributed by atoms with van der Waals surface area (Å²) >= 11 is 0. The van der Waals surface area contributed by atoms with Gasteiger partial charge in [-0.3, -0.25) is 4.79 Å². The van der Waals surface area contributed by atoms with Crippen molar-refractivity contribution in [2.45, 2.75) is 6.42 Å². The lowest BCUT2D eigenvalue weighted by molar-refractivity contribution is -0.115. The minimum absolute atomic E-state index is 0.0526. The highest BCUT2D eigenvalue weighted by molar-refractivity contribution is 6.11. The summed E-state index contributed by atoms with van der Waals surface area (Å²) in [5.74, 6) is -1.16. The largest absolute Gasteiger partial charge is 0.508 e. The molecule has 0 spiro atoms. The Morgan fingerprint density at radius 3 is 2.83 bits per heavy atom. The maximum absolute atomic E-state index is 12.4. The van der Waals surface area contributed by atoms with Crippen molar-refractivity contribution in [3.05, 3.63) is 58.9 Å². The number of aromatic nitrogens is 1. The van der Waals surface area contributed by atoms with E-state index in [2.05, 4.69) is 4.98 Å². The number of pyridine rings is 1. The number of hydrogen-bond donors (Lipinski definition) is 2. The van der Waals surface area contributed by atoms with Crippen molar-refractivity contribution < 1.29 is 19.8 Å². The van der Waals surface area contributed by atoms with E-state index >= 15 is 0 Å². The third-order valence-corrected chi connectivity index (χ3v) is 3.72. The van der Waals surface area contributed by atoms with E-state index in [1.54, 1.807) is 37.4 Å². The summed E-state index contributed by atoms with van der Waals surface area (Å²) in [5.41, 5.74) is 2.51. The Morgan fingerprint density at radius 2 is 2.13 bits per heavy atom. The maximum Gasteiger partial charge on any atom is 0.354 e. The van der Waals surface area contributed by atoms with Crippen LogP contribution >= 0.6 is 0 Å². The van der Waals surface area contributed by atoms with Gasteiger partial charge in [0.1, 0.15) is 11.4 Å². The van der Waals surface area contributed by atoms with Gasteiger partial charge < -0.3 is 15.1 Å². The van der Waals surface area contributed by atoms with Crippen LogP contribution in [0.25, 0.3) is 6.08 Å². The zero-order valence-electron chi connectivity index (χ0n) is 12.4. The molecule has 1 aromatic carbocycles. The number of aromatic carboxylic acids is 1. The molecule has 0 atom stereocenters. The number of hydrogen-bond acceptors (Lipinski definition) is 4. The molecule has 0 fully saturated rings. The van der Waals surface area contributed by atoms with Crippen LogP contribution in [-0.4, -0.2) is 34.1 Å². The highest BCUT2D eigenvalue weighted by Crippen LogP contribution is 2.30. The smallest absolute Gasteiger partial charge is 0.354 e. The molecular weight excluding hydrogens is 296 g/mol. The van der Waals surface area contributed by atoms with Gasteiger partial charge in [-0.15, -0.1) is 0 Å². The number of carbonyl (C=O) groups is 2. The Hall–Kier alpha value is -3.15. The molecule has 2 N–H and O–H groups in total. The van der Waals surface area contributed by atoms with Gasteiger partial charge in [-0.25, -0.2) is 9.78 Å². The predicted molar refractivity (Wildman–Crippen MR) is 84.4 cm³/mol. The number of nitrogens with zero attached hydrogens (tertiary/aromatic N) is 2. The van der Waals surface area contributed by atoms with Crippen molar-refractivity contribution in [2.24, 2.45) is 0 Å². The number of likely N-dealkylation sites (N-methyl/N-ethyl adjacent to an activating group) is 1. The molecule has 0 unspecified atom stereocenters. The number of rotatable bonds is 2. The second-order valence-corrected chi connectivity index (χ2v) is 5.31.